The first-order valence-corrected chi connectivity index (χ1v) is 5.25. The van der Waals surface area contributed by atoms with Gasteiger partial charge in [0, 0.05) is 11.5 Å². The lowest BCUT2D eigenvalue weighted by Gasteiger charge is -2.10. The number of aryl methyl sites for hydroxylation is 1. The summed E-state index contributed by atoms with van der Waals surface area (Å²) in [5, 5.41) is 0.595. The van der Waals surface area contributed by atoms with Crippen LogP contribution in [0.1, 0.15) is 36.2 Å². The SMILES string of the molecule is CCC(C)C(=O)c1cccc(C)c1Cl. The van der Waals surface area contributed by atoms with Crippen molar-refractivity contribution in [1.82, 2.24) is 0 Å². The quantitative estimate of drug-likeness (QED) is 0.692. The predicted molar refractivity (Wildman–Crippen MR) is 60.0 cm³/mol. The molecule has 76 valence electrons. The molecule has 1 unspecified atom stereocenters. The van der Waals surface area contributed by atoms with Gasteiger partial charge in [0.05, 0.1) is 5.02 Å². The molecule has 0 aliphatic heterocycles. The van der Waals surface area contributed by atoms with Gasteiger partial charge in [0.2, 0.25) is 0 Å². The zero-order chi connectivity index (χ0) is 10.7. The second kappa shape index (κ2) is 4.61. The molecule has 2 heteroatoms. The lowest BCUT2D eigenvalue weighted by molar-refractivity contribution is 0.0927. The number of hydrogen-bond acceptors (Lipinski definition) is 1. The average molecular weight is 211 g/mol. The highest BCUT2D eigenvalue weighted by atomic mass is 35.5. The molecule has 1 aromatic carbocycles. The van der Waals surface area contributed by atoms with Crippen molar-refractivity contribution in [2.45, 2.75) is 27.2 Å². The van der Waals surface area contributed by atoms with Gasteiger partial charge in [-0.3, -0.25) is 4.79 Å². The summed E-state index contributed by atoms with van der Waals surface area (Å²) in [5.74, 6) is 0.190. The molecule has 14 heavy (non-hydrogen) atoms. The van der Waals surface area contributed by atoms with Crippen LogP contribution in [0, 0.1) is 12.8 Å². The summed E-state index contributed by atoms with van der Waals surface area (Å²) in [5.41, 5.74) is 1.61. The molecule has 0 bridgehead atoms. The van der Waals surface area contributed by atoms with Crippen LogP contribution in [0.5, 0.6) is 0 Å². The Kier molecular flexibility index (Phi) is 3.70. The minimum atomic E-state index is 0.0503. The van der Waals surface area contributed by atoms with E-state index >= 15 is 0 Å². The number of Topliss-reactive ketones (excluding diaryl/α,β-unsaturated/α-hetero) is 1. The fraction of sp³-hybridized carbons (Fsp3) is 0.417. The summed E-state index contributed by atoms with van der Waals surface area (Å²) in [6, 6.07) is 5.58. The van der Waals surface area contributed by atoms with Gasteiger partial charge in [0.15, 0.2) is 5.78 Å². The van der Waals surface area contributed by atoms with Crippen LogP contribution in [0.25, 0.3) is 0 Å². The van der Waals surface area contributed by atoms with Gasteiger partial charge in [0.25, 0.3) is 0 Å². The van der Waals surface area contributed by atoms with Crippen LogP contribution in [0.3, 0.4) is 0 Å². The van der Waals surface area contributed by atoms with E-state index in [9.17, 15) is 4.79 Å². The fourth-order valence-electron chi connectivity index (χ4n) is 1.29. The average Bonchev–Trinajstić information content (AvgIpc) is 2.20. The van der Waals surface area contributed by atoms with Gasteiger partial charge in [-0.05, 0) is 25.0 Å². The molecular weight excluding hydrogens is 196 g/mol. The Labute approximate surface area is 90.1 Å². The van der Waals surface area contributed by atoms with Gasteiger partial charge in [-0.25, -0.2) is 0 Å². The van der Waals surface area contributed by atoms with E-state index in [1.54, 1.807) is 6.07 Å². The maximum atomic E-state index is 11.9. The maximum absolute atomic E-state index is 11.9. The summed E-state index contributed by atoms with van der Waals surface area (Å²) >= 11 is 6.07. The first-order chi connectivity index (χ1) is 6.57. The fourth-order valence-corrected chi connectivity index (χ4v) is 1.51. The Morgan fingerprint density at radius 2 is 2.14 bits per heavy atom. The maximum Gasteiger partial charge on any atom is 0.167 e. The van der Waals surface area contributed by atoms with Crippen LogP contribution in [0.2, 0.25) is 5.02 Å². The Morgan fingerprint density at radius 3 is 2.71 bits per heavy atom. The molecule has 1 aromatic rings. The van der Waals surface area contributed by atoms with Crippen molar-refractivity contribution >= 4 is 17.4 Å². The minimum Gasteiger partial charge on any atom is -0.294 e. The van der Waals surface area contributed by atoms with Crippen molar-refractivity contribution in [1.29, 1.82) is 0 Å². The molecule has 1 nitrogen and oxygen atoms in total. The van der Waals surface area contributed by atoms with Crippen molar-refractivity contribution in [3.63, 3.8) is 0 Å². The Morgan fingerprint density at radius 1 is 1.50 bits per heavy atom. The van der Waals surface area contributed by atoms with Gasteiger partial charge in [-0.15, -0.1) is 0 Å². The van der Waals surface area contributed by atoms with Gasteiger partial charge in [0.1, 0.15) is 0 Å². The summed E-state index contributed by atoms with van der Waals surface area (Å²) in [4.78, 5) is 11.9. The highest BCUT2D eigenvalue weighted by molar-refractivity contribution is 6.34. The number of rotatable bonds is 3. The van der Waals surface area contributed by atoms with E-state index in [0.29, 0.717) is 10.6 Å². The van der Waals surface area contributed by atoms with Crippen molar-refractivity contribution in [3.05, 3.63) is 34.3 Å². The third-order valence-electron chi connectivity index (χ3n) is 2.52. The molecule has 0 saturated carbocycles. The van der Waals surface area contributed by atoms with E-state index in [-0.39, 0.29) is 11.7 Å². The molecule has 0 amide bonds. The van der Waals surface area contributed by atoms with Crippen LogP contribution >= 0.6 is 11.6 Å². The molecule has 0 N–H and O–H groups in total. The Bertz CT molecular complexity index is 344. The minimum absolute atomic E-state index is 0.0503. The van der Waals surface area contributed by atoms with Crippen LogP contribution in [-0.2, 0) is 0 Å². The molecule has 0 fully saturated rings. The van der Waals surface area contributed by atoms with E-state index in [0.717, 1.165) is 12.0 Å². The number of carbonyl (C=O) groups excluding carboxylic acids is 1. The molecule has 0 aliphatic carbocycles. The van der Waals surface area contributed by atoms with Crippen LogP contribution in [0.15, 0.2) is 18.2 Å². The van der Waals surface area contributed by atoms with E-state index in [4.69, 9.17) is 11.6 Å². The van der Waals surface area contributed by atoms with Crippen molar-refractivity contribution in [2.75, 3.05) is 0 Å². The Hall–Kier alpha value is -0.820. The molecule has 1 atom stereocenters. The van der Waals surface area contributed by atoms with Crippen molar-refractivity contribution < 1.29 is 4.79 Å². The molecule has 0 aliphatic rings. The third-order valence-corrected chi connectivity index (χ3v) is 3.02. The normalized spacial score (nSPS) is 12.6. The van der Waals surface area contributed by atoms with Crippen molar-refractivity contribution in [2.24, 2.45) is 5.92 Å². The van der Waals surface area contributed by atoms with E-state index in [1.807, 2.05) is 32.9 Å². The van der Waals surface area contributed by atoms with Gasteiger partial charge >= 0.3 is 0 Å². The first kappa shape index (κ1) is 11.3. The van der Waals surface area contributed by atoms with E-state index in [1.165, 1.54) is 0 Å². The predicted octanol–water partition coefficient (Wildman–Crippen LogP) is 3.88. The standard InChI is InChI=1S/C12H15ClO/c1-4-8(2)12(14)10-7-5-6-9(3)11(10)13/h5-8H,4H2,1-3H3. The van der Waals surface area contributed by atoms with Gasteiger partial charge < -0.3 is 0 Å². The Balaban J connectivity index is 3.07. The first-order valence-electron chi connectivity index (χ1n) is 4.87. The molecule has 0 radical (unpaired) electrons. The molecule has 0 spiro atoms. The van der Waals surface area contributed by atoms with Crippen LogP contribution < -0.4 is 0 Å². The van der Waals surface area contributed by atoms with Crippen molar-refractivity contribution in [3.8, 4) is 0 Å². The zero-order valence-electron chi connectivity index (χ0n) is 8.80. The van der Waals surface area contributed by atoms with Crippen LogP contribution in [0.4, 0.5) is 0 Å². The number of halogens is 1. The molecule has 0 aromatic heterocycles. The lowest BCUT2D eigenvalue weighted by Crippen LogP contribution is -2.11. The van der Waals surface area contributed by atoms with Gasteiger partial charge in [-0.2, -0.15) is 0 Å². The largest absolute Gasteiger partial charge is 0.294 e. The number of hydrogen-bond donors (Lipinski definition) is 0. The number of ketones is 1. The summed E-state index contributed by atoms with van der Waals surface area (Å²) < 4.78 is 0. The highest BCUT2D eigenvalue weighted by Crippen LogP contribution is 2.23. The molecule has 0 saturated heterocycles. The number of benzene rings is 1. The summed E-state index contributed by atoms with van der Waals surface area (Å²) in [6.45, 7) is 5.85. The highest BCUT2D eigenvalue weighted by Gasteiger charge is 2.16. The second-order valence-corrected chi connectivity index (χ2v) is 3.99. The topological polar surface area (TPSA) is 17.1 Å². The monoisotopic (exact) mass is 210 g/mol. The van der Waals surface area contributed by atoms with E-state index in [2.05, 4.69) is 0 Å². The van der Waals surface area contributed by atoms with Crippen LogP contribution in [-0.4, -0.2) is 5.78 Å². The molecule has 1 rings (SSSR count). The summed E-state index contributed by atoms with van der Waals surface area (Å²) in [6.07, 6.45) is 0.850. The smallest absolute Gasteiger partial charge is 0.167 e. The second-order valence-electron chi connectivity index (χ2n) is 3.61. The summed E-state index contributed by atoms with van der Waals surface area (Å²) in [7, 11) is 0. The third kappa shape index (κ3) is 2.16. The lowest BCUT2D eigenvalue weighted by atomic mass is 9.96. The molecule has 0 heterocycles. The number of carbonyl (C=O) groups is 1. The zero-order valence-corrected chi connectivity index (χ0v) is 9.56. The van der Waals surface area contributed by atoms with Gasteiger partial charge in [-0.1, -0.05) is 37.6 Å². The van der Waals surface area contributed by atoms with E-state index < -0.39 is 0 Å². The molecular formula is C12H15ClO.